The van der Waals surface area contributed by atoms with E-state index in [1.165, 1.54) is 6.07 Å². The van der Waals surface area contributed by atoms with Crippen molar-refractivity contribution < 1.29 is 25.0 Å². The summed E-state index contributed by atoms with van der Waals surface area (Å²) in [5, 5.41) is 40.3. The molecule has 4 N–H and O–H groups in total. The average molecular weight is 419 g/mol. The fourth-order valence-electron chi connectivity index (χ4n) is 2.42. The second-order valence-corrected chi connectivity index (χ2v) is 6.51. The molecule has 1 fully saturated rings. The summed E-state index contributed by atoms with van der Waals surface area (Å²) in [4.78, 5) is 10.3. The van der Waals surface area contributed by atoms with Crippen LogP contribution in [0.5, 0.6) is 0 Å². The fraction of sp³-hybridized carbons (Fsp3) is 0.571. The van der Waals surface area contributed by atoms with Crippen LogP contribution in [0.3, 0.4) is 0 Å². The van der Waals surface area contributed by atoms with E-state index in [4.69, 9.17) is 20.1 Å². The minimum atomic E-state index is -0.916. The Balaban J connectivity index is 0.000000196. The molecule has 25 heavy (non-hydrogen) atoms. The molecule has 3 rings (SSSR count). The van der Waals surface area contributed by atoms with E-state index in [1.54, 1.807) is 6.07 Å². The Morgan fingerprint density at radius 2 is 2.08 bits per heavy atom. The summed E-state index contributed by atoms with van der Waals surface area (Å²) in [5.41, 5.74) is 1.90. The Bertz CT molecular complexity index is 702. The number of anilines is 1. The summed E-state index contributed by atoms with van der Waals surface area (Å²) in [6, 6.07) is 3.15. The van der Waals surface area contributed by atoms with Gasteiger partial charge in [-0.2, -0.15) is 0 Å². The summed E-state index contributed by atoms with van der Waals surface area (Å²) < 4.78 is 13.1. The topological polar surface area (TPSA) is 151 Å². The summed E-state index contributed by atoms with van der Waals surface area (Å²) in [7, 11) is 0. The molecule has 0 spiro atoms. The van der Waals surface area contributed by atoms with Gasteiger partial charge in [0.15, 0.2) is 6.29 Å². The minimum absolute atomic E-state index is 0.0368. The van der Waals surface area contributed by atoms with Gasteiger partial charge in [0.2, 0.25) is 0 Å². The first-order valence-electron chi connectivity index (χ1n) is 7.72. The van der Waals surface area contributed by atoms with Gasteiger partial charge in [0, 0.05) is 12.8 Å². The van der Waals surface area contributed by atoms with Gasteiger partial charge < -0.3 is 20.1 Å². The summed E-state index contributed by atoms with van der Waals surface area (Å²) in [6.45, 7) is 2.58. The number of nitrogens with one attached hydrogen (secondary N) is 1. The van der Waals surface area contributed by atoms with Gasteiger partial charge >= 0.3 is 91.3 Å². The van der Waals surface area contributed by atoms with E-state index in [0.29, 0.717) is 17.5 Å². The van der Waals surface area contributed by atoms with E-state index >= 15 is 0 Å². The van der Waals surface area contributed by atoms with Crippen LogP contribution in [0.4, 0.5) is 11.4 Å². The molecule has 1 aliphatic rings. The van der Waals surface area contributed by atoms with Crippen LogP contribution in [-0.2, 0) is 4.74 Å². The molecule has 0 bridgehead atoms. The number of aliphatic hydroxyl groups excluding tert-OH is 3. The summed E-state index contributed by atoms with van der Waals surface area (Å²) >= 11 is -0.251. The molecule has 2 aromatic rings. The SMILES string of the molecule is CCNc1ccc([N+](=O)[O-])c2n[se]nc12.OC[C@@H]1CC(O)CC(O)O1. The van der Waals surface area contributed by atoms with Gasteiger partial charge in [0.1, 0.15) is 0 Å². The minimum Gasteiger partial charge on any atom is -0.394 e. The number of fused-ring (bicyclic) bond motifs is 1. The van der Waals surface area contributed by atoms with Crippen LogP contribution >= 0.6 is 0 Å². The van der Waals surface area contributed by atoms with E-state index in [9.17, 15) is 10.1 Å². The smallest absolute Gasteiger partial charge is 0.157 e. The van der Waals surface area contributed by atoms with Crippen LogP contribution in [-0.4, -0.2) is 74.8 Å². The maximum Gasteiger partial charge on any atom is 0.157 e. The summed E-state index contributed by atoms with van der Waals surface area (Å²) in [5.74, 6) is 0. The van der Waals surface area contributed by atoms with Gasteiger partial charge in [-0.25, -0.2) is 0 Å². The molecular weight excluding hydrogens is 399 g/mol. The maximum atomic E-state index is 10.7. The number of non-ortho nitro benzene ring substituents is 1. The van der Waals surface area contributed by atoms with Gasteiger partial charge in [-0.1, -0.05) is 0 Å². The van der Waals surface area contributed by atoms with Gasteiger partial charge in [-0.05, 0) is 0 Å². The number of benzene rings is 1. The first-order chi connectivity index (χ1) is 12.0. The number of aliphatic hydroxyl groups is 3. The fourth-order valence-corrected chi connectivity index (χ4v) is 3.61. The van der Waals surface area contributed by atoms with Crippen LogP contribution in [0, 0.1) is 10.1 Å². The third kappa shape index (κ3) is 5.18. The molecule has 138 valence electrons. The zero-order valence-electron chi connectivity index (χ0n) is 13.5. The number of nitro benzene ring substituents is 1. The Morgan fingerprint density at radius 1 is 1.36 bits per heavy atom. The average Bonchev–Trinajstić information content (AvgIpc) is 3.04. The second kappa shape index (κ2) is 9.18. The molecule has 0 aliphatic carbocycles. The predicted molar refractivity (Wildman–Crippen MR) is 90.5 cm³/mol. The predicted octanol–water partition coefficient (Wildman–Crippen LogP) is -0.136. The van der Waals surface area contributed by atoms with Crippen molar-refractivity contribution in [2.75, 3.05) is 18.5 Å². The molecule has 11 heteroatoms. The Hall–Kier alpha value is -1.62. The van der Waals surface area contributed by atoms with Crippen LogP contribution in [0.15, 0.2) is 12.1 Å². The normalized spacial score (nSPS) is 23.0. The molecule has 2 heterocycles. The second-order valence-electron chi connectivity index (χ2n) is 5.40. The maximum absolute atomic E-state index is 10.7. The van der Waals surface area contributed by atoms with Crippen molar-refractivity contribution in [3.05, 3.63) is 22.2 Å². The number of hydrogen-bond donors (Lipinski definition) is 4. The molecule has 10 nitrogen and oxygen atoms in total. The first-order valence-corrected chi connectivity index (χ1v) is 9.25. The largest absolute Gasteiger partial charge is 0.394 e. The third-order valence-corrected chi connectivity index (χ3v) is 4.63. The molecule has 1 aromatic carbocycles. The zero-order valence-corrected chi connectivity index (χ0v) is 15.2. The van der Waals surface area contributed by atoms with Gasteiger partial charge in [-0.3, -0.25) is 0 Å². The first kappa shape index (κ1) is 19.7. The quantitative estimate of drug-likeness (QED) is 0.302. The number of ether oxygens (including phenoxy) is 1. The Labute approximate surface area is 149 Å². The molecule has 3 atom stereocenters. The summed E-state index contributed by atoms with van der Waals surface area (Å²) in [6.07, 6.45) is -1.20. The number of nitro groups is 1. The van der Waals surface area contributed by atoms with Crippen molar-refractivity contribution in [2.45, 2.75) is 38.3 Å². The Kier molecular flexibility index (Phi) is 7.23. The van der Waals surface area contributed by atoms with Crippen LogP contribution in [0.1, 0.15) is 19.8 Å². The number of hydrogen-bond acceptors (Lipinski definition) is 9. The van der Waals surface area contributed by atoms with Gasteiger partial charge in [0.05, 0.1) is 18.8 Å². The van der Waals surface area contributed by atoms with Gasteiger partial charge in [0.25, 0.3) is 0 Å². The van der Waals surface area contributed by atoms with E-state index < -0.39 is 23.4 Å². The van der Waals surface area contributed by atoms with Crippen molar-refractivity contribution in [3.8, 4) is 0 Å². The van der Waals surface area contributed by atoms with Crippen molar-refractivity contribution in [1.29, 1.82) is 0 Å². The van der Waals surface area contributed by atoms with Crippen molar-refractivity contribution >= 4 is 37.4 Å². The van der Waals surface area contributed by atoms with Gasteiger partial charge in [-0.15, -0.1) is 0 Å². The number of nitrogens with zero attached hydrogens (tertiary/aromatic N) is 3. The molecular formula is C14H20N4O6Se. The van der Waals surface area contributed by atoms with Crippen molar-refractivity contribution in [1.82, 2.24) is 7.96 Å². The molecule has 0 amide bonds. The number of rotatable bonds is 4. The molecule has 1 aromatic heterocycles. The number of aromatic nitrogens is 2. The van der Waals surface area contributed by atoms with Crippen LogP contribution < -0.4 is 5.32 Å². The molecule has 0 radical (unpaired) electrons. The molecule has 1 saturated heterocycles. The van der Waals surface area contributed by atoms with E-state index in [-0.39, 0.29) is 33.7 Å². The third-order valence-electron chi connectivity index (χ3n) is 3.52. The standard InChI is InChI=1S/C8H8N4O2Se.C6H12O4/c1-2-9-5-3-4-6(12(13)14)8-7(5)10-15-11-8;7-3-5-1-4(8)2-6(9)10-5/h3-4,9H,2H2,1H3;4-9H,1-3H2/t;4?,5-,6?/m.0/s1. The molecule has 1 aliphatic heterocycles. The zero-order chi connectivity index (χ0) is 18.4. The van der Waals surface area contributed by atoms with E-state index in [1.807, 2.05) is 6.92 Å². The molecule has 2 unspecified atom stereocenters. The van der Waals surface area contributed by atoms with E-state index in [0.717, 1.165) is 12.2 Å². The molecule has 0 saturated carbocycles. The van der Waals surface area contributed by atoms with Crippen molar-refractivity contribution in [2.24, 2.45) is 0 Å². The van der Waals surface area contributed by atoms with Crippen molar-refractivity contribution in [3.63, 3.8) is 0 Å². The van der Waals surface area contributed by atoms with Crippen LogP contribution in [0.25, 0.3) is 11.0 Å². The Morgan fingerprint density at radius 3 is 2.68 bits per heavy atom. The van der Waals surface area contributed by atoms with Crippen LogP contribution in [0.2, 0.25) is 0 Å². The monoisotopic (exact) mass is 420 g/mol. The van der Waals surface area contributed by atoms with E-state index in [2.05, 4.69) is 13.3 Å².